The quantitative estimate of drug-likeness (QED) is 0.494. The number of nitriles is 1. The maximum absolute atomic E-state index is 11.9. The first kappa shape index (κ1) is 16.0. The first-order valence-electron chi connectivity index (χ1n) is 7.60. The number of aromatic nitrogens is 1. The zero-order valence-electron chi connectivity index (χ0n) is 13.2. The van der Waals surface area contributed by atoms with Crippen LogP contribution < -0.4 is 16.3 Å². The van der Waals surface area contributed by atoms with Gasteiger partial charge in [0.25, 0.3) is 5.56 Å². The highest BCUT2D eigenvalue weighted by atomic mass is 16.1. The maximum Gasteiger partial charge on any atom is 0.268 e. The summed E-state index contributed by atoms with van der Waals surface area (Å²) in [6, 6.07) is 20.7. The zero-order valence-corrected chi connectivity index (χ0v) is 13.2. The van der Waals surface area contributed by atoms with E-state index >= 15 is 0 Å². The largest absolute Gasteiger partial charge is 0.354 e. The van der Waals surface area contributed by atoms with Gasteiger partial charge in [0.2, 0.25) is 0 Å². The highest BCUT2D eigenvalue weighted by Gasteiger charge is 2.11. The fraction of sp³-hybridized carbons (Fsp3) is 0. The number of nitrogens with zero attached hydrogens (tertiary/aromatic N) is 2. The van der Waals surface area contributed by atoms with Crippen LogP contribution >= 0.6 is 0 Å². The summed E-state index contributed by atoms with van der Waals surface area (Å²) in [4.78, 5) is 14.5. The van der Waals surface area contributed by atoms with E-state index in [0.717, 1.165) is 11.4 Å². The van der Waals surface area contributed by atoms with Gasteiger partial charge in [-0.15, -0.1) is 0 Å². The van der Waals surface area contributed by atoms with Crippen molar-refractivity contribution >= 4 is 23.3 Å². The number of anilines is 3. The van der Waals surface area contributed by atoms with Crippen molar-refractivity contribution in [1.82, 2.24) is 4.98 Å². The molecule has 6 heteroatoms. The predicted octanol–water partition coefficient (Wildman–Crippen LogP) is 3.44. The van der Waals surface area contributed by atoms with Crippen molar-refractivity contribution in [2.75, 3.05) is 10.7 Å². The number of benzene rings is 2. The van der Waals surface area contributed by atoms with Crippen LogP contribution in [0.25, 0.3) is 0 Å². The number of rotatable bonds is 5. The summed E-state index contributed by atoms with van der Waals surface area (Å²) < 4.78 is 0. The average molecular weight is 329 g/mol. The second-order valence-corrected chi connectivity index (χ2v) is 5.16. The normalized spacial score (nSPS) is 10.4. The fourth-order valence-electron chi connectivity index (χ4n) is 2.24. The molecule has 0 bridgehead atoms. The van der Waals surface area contributed by atoms with Crippen LogP contribution in [0.1, 0.15) is 11.1 Å². The molecule has 0 radical (unpaired) electrons. The van der Waals surface area contributed by atoms with Crippen LogP contribution in [-0.2, 0) is 0 Å². The average Bonchev–Trinajstić information content (AvgIpc) is 2.65. The van der Waals surface area contributed by atoms with E-state index in [2.05, 4.69) is 20.8 Å². The Bertz CT molecular complexity index is 972. The molecular weight excluding hydrogens is 314 g/mol. The molecule has 3 N–H and O–H groups in total. The molecule has 0 aliphatic heterocycles. The van der Waals surface area contributed by atoms with Gasteiger partial charge in [0, 0.05) is 17.4 Å². The van der Waals surface area contributed by atoms with Crippen molar-refractivity contribution in [2.24, 2.45) is 5.10 Å². The van der Waals surface area contributed by atoms with Crippen molar-refractivity contribution in [3.8, 4) is 6.07 Å². The predicted molar refractivity (Wildman–Crippen MR) is 99.2 cm³/mol. The Morgan fingerprint density at radius 1 is 1.00 bits per heavy atom. The molecule has 0 unspecified atom stereocenters. The number of aromatic amines is 1. The topological polar surface area (TPSA) is 93.1 Å². The molecule has 0 aliphatic carbocycles. The molecule has 0 amide bonds. The van der Waals surface area contributed by atoms with E-state index in [1.54, 1.807) is 6.21 Å². The van der Waals surface area contributed by atoms with E-state index in [0.29, 0.717) is 11.3 Å². The summed E-state index contributed by atoms with van der Waals surface area (Å²) in [6.07, 6.45) is 3.07. The number of H-pyrrole nitrogens is 1. The lowest BCUT2D eigenvalue weighted by Gasteiger charge is -2.10. The van der Waals surface area contributed by atoms with Crippen molar-refractivity contribution in [3.63, 3.8) is 0 Å². The Labute approximate surface area is 144 Å². The molecule has 0 atom stereocenters. The monoisotopic (exact) mass is 329 g/mol. The Morgan fingerprint density at radius 2 is 1.64 bits per heavy atom. The van der Waals surface area contributed by atoms with Crippen molar-refractivity contribution < 1.29 is 0 Å². The third-order valence-corrected chi connectivity index (χ3v) is 3.45. The molecule has 0 saturated heterocycles. The van der Waals surface area contributed by atoms with E-state index in [1.165, 1.54) is 6.20 Å². The van der Waals surface area contributed by atoms with Crippen LogP contribution in [0.3, 0.4) is 0 Å². The molecule has 0 spiro atoms. The molecule has 122 valence electrons. The van der Waals surface area contributed by atoms with Gasteiger partial charge < -0.3 is 10.3 Å². The number of nitrogens with one attached hydrogen (secondary N) is 3. The number of hydrogen-bond acceptors (Lipinski definition) is 5. The summed E-state index contributed by atoms with van der Waals surface area (Å²) in [7, 11) is 0. The van der Waals surface area contributed by atoms with Gasteiger partial charge in [-0.05, 0) is 24.3 Å². The number of hydrazone groups is 1. The number of hydrogen-bond donors (Lipinski definition) is 3. The highest BCUT2D eigenvalue weighted by molar-refractivity contribution is 5.91. The van der Waals surface area contributed by atoms with Crippen molar-refractivity contribution in [2.45, 2.75) is 0 Å². The molecule has 1 aromatic heterocycles. The van der Waals surface area contributed by atoms with E-state index in [9.17, 15) is 10.1 Å². The molecular formula is C19H15N5O. The Hall–Kier alpha value is -3.85. The third kappa shape index (κ3) is 3.92. The number of para-hydroxylation sites is 2. The molecule has 25 heavy (non-hydrogen) atoms. The lowest BCUT2D eigenvalue weighted by molar-refractivity contribution is 1.20. The van der Waals surface area contributed by atoms with E-state index in [4.69, 9.17) is 0 Å². The van der Waals surface area contributed by atoms with Gasteiger partial charge in [0.05, 0.1) is 17.6 Å². The first-order chi connectivity index (χ1) is 12.3. The summed E-state index contributed by atoms with van der Waals surface area (Å²) >= 11 is 0. The van der Waals surface area contributed by atoms with Gasteiger partial charge in [-0.2, -0.15) is 10.4 Å². The Kier molecular flexibility index (Phi) is 4.88. The van der Waals surface area contributed by atoms with Crippen LogP contribution in [0.15, 0.2) is 76.8 Å². The highest BCUT2D eigenvalue weighted by Crippen LogP contribution is 2.21. The molecule has 0 saturated carbocycles. The molecule has 0 aliphatic rings. The second-order valence-electron chi connectivity index (χ2n) is 5.16. The van der Waals surface area contributed by atoms with Gasteiger partial charge in [-0.25, -0.2) is 0 Å². The summed E-state index contributed by atoms with van der Waals surface area (Å²) in [5.74, 6) is 0. The van der Waals surface area contributed by atoms with Gasteiger partial charge in [-0.3, -0.25) is 10.2 Å². The second kappa shape index (κ2) is 7.62. The first-order valence-corrected chi connectivity index (χ1v) is 7.60. The summed E-state index contributed by atoms with van der Waals surface area (Å²) in [5.41, 5.74) is 5.07. The van der Waals surface area contributed by atoms with Crippen LogP contribution in [0.4, 0.5) is 17.1 Å². The standard InChI is InChI=1S/C19H15N5O/c20-11-17-18(23-15-7-3-1-4-8-15)14(12-21-19(17)25)13-22-24-16-9-5-2-6-10-16/h1-10,12-13,24H,(H2,21,23,25). The molecule has 3 aromatic rings. The van der Waals surface area contributed by atoms with Crippen LogP contribution in [0, 0.1) is 11.3 Å². The number of pyridine rings is 1. The van der Waals surface area contributed by atoms with Crippen LogP contribution in [0.2, 0.25) is 0 Å². The molecule has 0 fully saturated rings. The van der Waals surface area contributed by atoms with Gasteiger partial charge in [0.1, 0.15) is 11.6 Å². The lowest BCUT2D eigenvalue weighted by atomic mass is 10.1. The van der Waals surface area contributed by atoms with Crippen LogP contribution in [0.5, 0.6) is 0 Å². The minimum Gasteiger partial charge on any atom is -0.354 e. The van der Waals surface area contributed by atoms with Gasteiger partial charge in [-0.1, -0.05) is 36.4 Å². The minimum absolute atomic E-state index is 0.00696. The van der Waals surface area contributed by atoms with Gasteiger partial charge in [0.15, 0.2) is 0 Å². The van der Waals surface area contributed by atoms with Crippen molar-refractivity contribution in [3.05, 3.63) is 88.3 Å². The van der Waals surface area contributed by atoms with E-state index in [1.807, 2.05) is 66.7 Å². The molecule has 2 aromatic carbocycles. The van der Waals surface area contributed by atoms with Gasteiger partial charge >= 0.3 is 0 Å². The molecule has 1 heterocycles. The maximum atomic E-state index is 11.9. The summed E-state index contributed by atoms with van der Waals surface area (Å²) in [5, 5.41) is 16.6. The minimum atomic E-state index is -0.450. The lowest BCUT2D eigenvalue weighted by Crippen LogP contribution is -2.14. The van der Waals surface area contributed by atoms with E-state index in [-0.39, 0.29) is 5.56 Å². The Morgan fingerprint density at radius 3 is 2.28 bits per heavy atom. The van der Waals surface area contributed by atoms with Crippen molar-refractivity contribution in [1.29, 1.82) is 5.26 Å². The molecule has 3 rings (SSSR count). The SMILES string of the molecule is N#Cc1c(Nc2ccccc2)c(C=NNc2ccccc2)c[nH]c1=O. The molecule has 6 nitrogen and oxygen atoms in total. The Balaban J connectivity index is 1.93. The smallest absolute Gasteiger partial charge is 0.268 e. The van der Waals surface area contributed by atoms with E-state index < -0.39 is 5.56 Å². The van der Waals surface area contributed by atoms with Crippen LogP contribution in [-0.4, -0.2) is 11.2 Å². The third-order valence-electron chi connectivity index (χ3n) is 3.45. The fourth-order valence-corrected chi connectivity index (χ4v) is 2.24. The summed E-state index contributed by atoms with van der Waals surface area (Å²) in [6.45, 7) is 0. The zero-order chi connectivity index (χ0) is 17.5.